The van der Waals surface area contributed by atoms with E-state index >= 15 is 0 Å². The minimum Gasteiger partial charge on any atom is -0.472 e. The van der Waals surface area contributed by atoms with Crippen LogP contribution in [0.5, 0.6) is 0 Å². The Balaban J connectivity index is 1.62. The second kappa shape index (κ2) is 11.6. The van der Waals surface area contributed by atoms with Crippen LogP contribution < -0.4 is 0 Å². The van der Waals surface area contributed by atoms with E-state index < -0.39 is 0 Å². The molecule has 0 fully saturated rings. The average Bonchev–Trinajstić information content (AvgIpc) is 3.29. The van der Waals surface area contributed by atoms with Crippen LogP contribution in [0.1, 0.15) is 71.8 Å². The molecule has 4 nitrogen and oxygen atoms in total. The predicted molar refractivity (Wildman–Crippen MR) is 115 cm³/mol. The molecule has 0 aromatic carbocycles. The molecule has 0 saturated heterocycles. The highest BCUT2D eigenvalue weighted by Gasteiger charge is 2.18. The van der Waals surface area contributed by atoms with E-state index in [1.807, 2.05) is 19.1 Å². The fraction of sp³-hybridized carbons (Fsp3) is 0.520. The lowest BCUT2D eigenvalue weighted by Crippen LogP contribution is -2.12. The third kappa shape index (κ3) is 8.26. The molecule has 1 aliphatic heterocycles. The van der Waals surface area contributed by atoms with Crippen molar-refractivity contribution >= 4 is 11.8 Å². The van der Waals surface area contributed by atoms with Gasteiger partial charge in [0.2, 0.25) is 0 Å². The quantitative estimate of drug-likeness (QED) is 0.305. The highest BCUT2D eigenvalue weighted by atomic mass is 16.5. The van der Waals surface area contributed by atoms with Crippen molar-refractivity contribution in [3.05, 3.63) is 59.3 Å². The van der Waals surface area contributed by atoms with Gasteiger partial charge in [0.25, 0.3) is 0 Å². The first-order chi connectivity index (χ1) is 13.8. The summed E-state index contributed by atoms with van der Waals surface area (Å²) in [5, 5.41) is 0. The van der Waals surface area contributed by atoms with Crippen molar-refractivity contribution in [3.8, 4) is 0 Å². The molecule has 0 saturated carbocycles. The molecule has 2 heterocycles. The molecule has 2 rings (SSSR count). The average molecular weight is 399 g/mol. The summed E-state index contributed by atoms with van der Waals surface area (Å²) in [5.74, 6) is 0.956. The van der Waals surface area contributed by atoms with Crippen molar-refractivity contribution < 1.29 is 18.7 Å². The van der Waals surface area contributed by atoms with E-state index in [0.717, 1.165) is 38.5 Å². The van der Waals surface area contributed by atoms with Crippen molar-refractivity contribution in [1.82, 2.24) is 0 Å². The molecule has 0 aliphatic carbocycles. The van der Waals surface area contributed by atoms with E-state index in [1.165, 1.54) is 11.1 Å². The number of ether oxygens (including phenoxy) is 1. The Labute approximate surface area is 174 Å². The summed E-state index contributed by atoms with van der Waals surface area (Å²) in [7, 11) is 0. The van der Waals surface area contributed by atoms with Gasteiger partial charge in [-0.15, -0.1) is 0 Å². The largest absolute Gasteiger partial charge is 0.472 e. The Hall–Kier alpha value is -2.36. The van der Waals surface area contributed by atoms with Gasteiger partial charge in [0.15, 0.2) is 0 Å². The zero-order valence-corrected chi connectivity index (χ0v) is 18.2. The van der Waals surface area contributed by atoms with Gasteiger partial charge in [-0.3, -0.25) is 4.79 Å². The number of esters is 1. The topological polar surface area (TPSA) is 56.5 Å². The molecule has 2 atom stereocenters. The van der Waals surface area contributed by atoms with Crippen molar-refractivity contribution in [2.45, 2.75) is 72.6 Å². The summed E-state index contributed by atoms with van der Waals surface area (Å²) in [6, 6.07) is 2.01. The van der Waals surface area contributed by atoms with Gasteiger partial charge in [0.1, 0.15) is 11.5 Å². The van der Waals surface area contributed by atoms with Gasteiger partial charge in [-0.05, 0) is 82.1 Å². The Kier molecular flexibility index (Phi) is 9.17. The Morgan fingerprint density at radius 2 is 2.00 bits per heavy atom. The number of hydrogen-bond acceptors (Lipinski definition) is 4. The lowest BCUT2D eigenvalue weighted by Gasteiger charge is -2.12. The van der Waals surface area contributed by atoms with Crippen molar-refractivity contribution in [1.29, 1.82) is 0 Å². The second-order valence-corrected chi connectivity index (χ2v) is 8.28. The molecule has 0 bridgehead atoms. The SMILES string of the molecule is CC(=CCCc1ccoc1)CCCC(C)C(=O)CC[C@@H](C)/C=C1/C=C(C)C(=O)O1. The van der Waals surface area contributed by atoms with Crippen LogP contribution in [0.2, 0.25) is 0 Å². The molecule has 1 unspecified atom stereocenters. The maximum atomic E-state index is 12.4. The maximum absolute atomic E-state index is 12.4. The fourth-order valence-electron chi connectivity index (χ4n) is 3.42. The molecule has 29 heavy (non-hydrogen) atoms. The number of cyclic esters (lactones) is 1. The molecule has 0 N–H and O–H groups in total. The van der Waals surface area contributed by atoms with Crippen LogP contribution in [0, 0.1) is 11.8 Å². The van der Waals surface area contributed by atoms with Gasteiger partial charge in [0, 0.05) is 17.9 Å². The molecular weight excluding hydrogens is 364 g/mol. The monoisotopic (exact) mass is 398 g/mol. The van der Waals surface area contributed by atoms with E-state index in [1.54, 1.807) is 25.5 Å². The summed E-state index contributed by atoms with van der Waals surface area (Å²) in [4.78, 5) is 23.8. The molecule has 158 valence electrons. The third-order valence-electron chi connectivity index (χ3n) is 5.45. The van der Waals surface area contributed by atoms with Gasteiger partial charge in [0.05, 0.1) is 12.5 Å². The van der Waals surface area contributed by atoms with Gasteiger partial charge < -0.3 is 9.15 Å². The first kappa shape index (κ1) is 22.9. The number of ketones is 1. The zero-order chi connectivity index (χ0) is 21.2. The first-order valence-electron chi connectivity index (χ1n) is 10.7. The predicted octanol–water partition coefficient (Wildman–Crippen LogP) is 6.34. The van der Waals surface area contributed by atoms with Crippen molar-refractivity contribution in [2.75, 3.05) is 0 Å². The van der Waals surface area contributed by atoms with E-state index in [2.05, 4.69) is 19.9 Å². The summed E-state index contributed by atoms with van der Waals surface area (Å²) in [6.45, 7) is 8.00. The van der Waals surface area contributed by atoms with Crippen molar-refractivity contribution in [2.24, 2.45) is 11.8 Å². The van der Waals surface area contributed by atoms with Crippen molar-refractivity contribution in [3.63, 3.8) is 0 Å². The number of Topliss-reactive ketones (excluding diaryl/α,β-unsaturated/α-hetero) is 1. The number of aryl methyl sites for hydroxylation is 1. The summed E-state index contributed by atoms with van der Waals surface area (Å²) in [6.07, 6.45) is 15.9. The Bertz CT molecular complexity index is 765. The molecular formula is C25H34O4. The number of hydrogen-bond donors (Lipinski definition) is 0. The van der Waals surface area contributed by atoms with Crippen LogP contribution in [0.3, 0.4) is 0 Å². The van der Waals surface area contributed by atoms with E-state index in [9.17, 15) is 9.59 Å². The van der Waals surface area contributed by atoms with Crippen LogP contribution in [0.25, 0.3) is 0 Å². The van der Waals surface area contributed by atoms with Gasteiger partial charge in [-0.2, -0.15) is 0 Å². The zero-order valence-electron chi connectivity index (χ0n) is 18.2. The van der Waals surface area contributed by atoms with Crippen LogP contribution in [-0.4, -0.2) is 11.8 Å². The molecule has 0 radical (unpaired) electrons. The van der Waals surface area contributed by atoms with Gasteiger partial charge in [-0.25, -0.2) is 4.79 Å². The number of carbonyl (C=O) groups is 2. The third-order valence-corrected chi connectivity index (χ3v) is 5.45. The molecule has 0 amide bonds. The lowest BCUT2D eigenvalue weighted by atomic mass is 9.92. The molecule has 1 aliphatic rings. The molecule has 1 aromatic heterocycles. The minimum atomic E-state index is -0.279. The van der Waals surface area contributed by atoms with E-state index in [0.29, 0.717) is 23.5 Å². The Morgan fingerprint density at radius 1 is 1.21 bits per heavy atom. The Morgan fingerprint density at radius 3 is 2.66 bits per heavy atom. The normalized spacial score (nSPS) is 17.9. The number of allylic oxidation sites excluding steroid dienone is 4. The maximum Gasteiger partial charge on any atom is 0.339 e. The van der Waals surface area contributed by atoms with Crippen LogP contribution in [0.15, 0.2) is 58.1 Å². The summed E-state index contributed by atoms with van der Waals surface area (Å²) < 4.78 is 10.2. The van der Waals surface area contributed by atoms with Gasteiger partial charge in [-0.1, -0.05) is 25.5 Å². The van der Waals surface area contributed by atoms with Crippen LogP contribution >= 0.6 is 0 Å². The first-order valence-corrected chi connectivity index (χ1v) is 10.7. The lowest BCUT2D eigenvalue weighted by molar-refractivity contribution is -0.133. The standard InChI is InChI=1S/C25H34O4/c1-18(8-6-10-22-13-14-28-17-22)7-5-9-20(3)24(26)12-11-19(2)15-23-16-21(4)25(27)29-23/h8,13-17,19-20H,5-7,9-12H2,1-4H3/b18-8?,23-15-/t19-,20?/m1/s1. The fourth-order valence-corrected chi connectivity index (χ4v) is 3.42. The smallest absolute Gasteiger partial charge is 0.339 e. The minimum absolute atomic E-state index is 0.0973. The number of carbonyl (C=O) groups excluding carboxylic acids is 2. The second-order valence-electron chi connectivity index (χ2n) is 8.28. The van der Waals surface area contributed by atoms with Gasteiger partial charge >= 0.3 is 5.97 Å². The molecule has 1 aromatic rings. The molecule has 4 heteroatoms. The number of rotatable bonds is 12. The van der Waals surface area contributed by atoms with Crippen LogP contribution in [-0.2, 0) is 20.7 Å². The summed E-state index contributed by atoms with van der Waals surface area (Å²) in [5.41, 5.74) is 3.25. The highest BCUT2D eigenvalue weighted by Crippen LogP contribution is 2.21. The van der Waals surface area contributed by atoms with Crippen LogP contribution in [0.4, 0.5) is 0 Å². The molecule has 0 spiro atoms. The number of furan rings is 1. The van der Waals surface area contributed by atoms with E-state index in [-0.39, 0.29) is 17.8 Å². The highest BCUT2D eigenvalue weighted by molar-refractivity contribution is 5.92. The summed E-state index contributed by atoms with van der Waals surface area (Å²) >= 11 is 0. The van der Waals surface area contributed by atoms with E-state index in [4.69, 9.17) is 9.15 Å².